The maximum atomic E-state index is 13.0. The third-order valence-corrected chi connectivity index (χ3v) is 6.06. The second-order valence-electron chi connectivity index (χ2n) is 8.41. The lowest BCUT2D eigenvalue weighted by Gasteiger charge is -2.06. The first kappa shape index (κ1) is 22.3. The molecule has 160 valence electrons. The lowest BCUT2D eigenvalue weighted by atomic mass is 10.0. The fourth-order valence-electron chi connectivity index (χ4n) is 4.29. The van der Waals surface area contributed by atoms with Crippen LogP contribution in [-0.4, -0.2) is 22.6 Å². The number of hydrogen-bond acceptors (Lipinski definition) is 2. The zero-order chi connectivity index (χ0) is 21.2. The van der Waals surface area contributed by atoms with Crippen molar-refractivity contribution in [3.05, 3.63) is 71.8 Å². The molecule has 1 aliphatic heterocycles. The van der Waals surface area contributed by atoms with E-state index < -0.39 is 0 Å². The Kier molecular flexibility index (Phi) is 8.67. The Morgan fingerprint density at radius 3 is 1.87 bits per heavy atom. The van der Waals surface area contributed by atoms with Gasteiger partial charge in [-0.05, 0) is 12.0 Å². The lowest BCUT2D eigenvalue weighted by Crippen LogP contribution is -2.18. The van der Waals surface area contributed by atoms with Gasteiger partial charge in [-0.1, -0.05) is 119 Å². The van der Waals surface area contributed by atoms with Crippen LogP contribution in [0.15, 0.2) is 60.7 Å². The summed E-state index contributed by atoms with van der Waals surface area (Å²) < 4.78 is 0. The minimum atomic E-state index is -0.360. The fourth-order valence-corrected chi connectivity index (χ4v) is 4.29. The molecule has 0 aliphatic carbocycles. The smallest absolute Gasteiger partial charge is 0.223 e. The van der Waals surface area contributed by atoms with Crippen LogP contribution in [0.1, 0.15) is 93.1 Å². The number of ketones is 1. The van der Waals surface area contributed by atoms with Gasteiger partial charge in [-0.25, -0.2) is 0 Å². The monoisotopic (exact) mass is 405 g/mol. The zero-order valence-corrected chi connectivity index (χ0v) is 18.3. The van der Waals surface area contributed by atoms with Crippen LogP contribution in [0, 0.1) is 0 Å². The number of Topliss-reactive ketones (excluding diaryl/α,β-unsaturated/α-hetero) is 1. The first-order valence-corrected chi connectivity index (χ1v) is 11.7. The van der Waals surface area contributed by atoms with E-state index in [1.807, 2.05) is 60.7 Å². The zero-order valence-electron chi connectivity index (χ0n) is 18.3. The Morgan fingerprint density at radius 2 is 1.27 bits per heavy atom. The van der Waals surface area contributed by atoms with Crippen molar-refractivity contribution < 1.29 is 9.59 Å². The molecule has 1 amide bonds. The Morgan fingerprint density at radius 1 is 0.733 bits per heavy atom. The Balaban J connectivity index is 1.49. The SMILES string of the molecule is CCCCCCCCCCCC(=O)N1[C@H](c2ccccc2)[C@@H]1C(=O)c1ccccc1. The molecule has 0 unspecified atom stereocenters. The number of nitrogens with zero attached hydrogens (tertiary/aromatic N) is 1. The standard InChI is InChI=1S/C27H35NO2/c1-2-3-4-5-6-7-8-9-16-21-24(29)28-25(22-17-12-10-13-18-22)26(28)27(30)23-19-14-11-15-20-23/h10-15,17-20,25-26H,2-9,16,21H2,1H3/t25-,26-,28?/m1/s1. The quantitative estimate of drug-likeness (QED) is 0.210. The van der Waals surface area contributed by atoms with Crippen LogP contribution in [0.5, 0.6) is 0 Å². The number of carbonyl (C=O) groups excluding carboxylic acids is 2. The Bertz CT molecular complexity index is 787. The summed E-state index contributed by atoms with van der Waals surface area (Å²) in [5, 5.41) is 0. The van der Waals surface area contributed by atoms with E-state index in [9.17, 15) is 9.59 Å². The van der Waals surface area contributed by atoms with E-state index in [0.717, 1.165) is 18.4 Å². The molecule has 0 aromatic heterocycles. The molecule has 0 radical (unpaired) electrons. The molecular weight excluding hydrogens is 370 g/mol. The van der Waals surface area contributed by atoms with Gasteiger partial charge in [0.2, 0.25) is 5.91 Å². The van der Waals surface area contributed by atoms with Crippen LogP contribution >= 0.6 is 0 Å². The molecule has 0 N–H and O–H groups in total. The van der Waals surface area contributed by atoms with Crippen molar-refractivity contribution >= 4 is 11.7 Å². The van der Waals surface area contributed by atoms with Crippen LogP contribution in [0.3, 0.4) is 0 Å². The number of benzene rings is 2. The van der Waals surface area contributed by atoms with Crippen molar-refractivity contribution in [3.8, 4) is 0 Å². The highest BCUT2D eigenvalue weighted by molar-refractivity contribution is 6.05. The number of unbranched alkanes of at least 4 members (excludes halogenated alkanes) is 8. The van der Waals surface area contributed by atoms with Gasteiger partial charge in [0.25, 0.3) is 0 Å². The summed E-state index contributed by atoms with van der Waals surface area (Å²) in [5.74, 6) is 0.158. The van der Waals surface area contributed by atoms with Crippen LogP contribution in [-0.2, 0) is 4.79 Å². The minimum Gasteiger partial charge on any atom is -0.320 e. The number of amides is 1. The average molecular weight is 406 g/mol. The van der Waals surface area contributed by atoms with Gasteiger partial charge in [-0.2, -0.15) is 0 Å². The van der Waals surface area contributed by atoms with Crippen LogP contribution < -0.4 is 0 Å². The summed E-state index contributed by atoms with van der Waals surface area (Å²) in [7, 11) is 0. The molecule has 30 heavy (non-hydrogen) atoms. The molecule has 1 fully saturated rings. The summed E-state index contributed by atoms with van der Waals surface area (Å²) in [6, 6.07) is 18.8. The highest BCUT2D eigenvalue weighted by atomic mass is 16.2. The van der Waals surface area contributed by atoms with Crippen LogP contribution in [0.4, 0.5) is 0 Å². The third kappa shape index (κ3) is 6.04. The highest BCUT2D eigenvalue weighted by Crippen LogP contribution is 2.45. The molecule has 3 heteroatoms. The van der Waals surface area contributed by atoms with E-state index in [1.165, 1.54) is 44.9 Å². The molecule has 3 rings (SSSR count). The van der Waals surface area contributed by atoms with Crippen molar-refractivity contribution in [2.75, 3.05) is 0 Å². The normalized spacial score (nSPS) is 17.7. The van der Waals surface area contributed by atoms with E-state index in [2.05, 4.69) is 6.92 Å². The van der Waals surface area contributed by atoms with E-state index in [-0.39, 0.29) is 23.8 Å². The lowest BCUT2D eigenvalue weighted by molar-refractivity contribution is -0.126. The van der Waals surface area contributed by atoms with E-state index in [1.54, 1.807) is 4.90 Å². The maximum absolute atomic E-state index is 13.0. The Hall–Kier alpha value is -2.42. The molecule has 1 aliphatic rings. The first-order chi connectivity index (χ1) is 14.7. The predicted octanol–water partition coefficient (Wildman–Crippen LogP) is 6.74. The van der Waals surface area contributed by atoms with Crippen LogP contribution in [0.2, 0.25) is 0 Å². The fraction of sp³-hybridized carbons (Fsp3) is 0.481. The molecule has 0 spiro atoms. The van der Waals surface area contributed by atoms with Gasteiger partial charge in [0, 0.05) is 12.0 Å². The van der Waals surface area contributed by atoms with Gasteiger partial charge >= 0.3 is 0 Å². The molecule has 2 atom stereocenters. The van der Waals surface area contributed by atoms with Crippen LogP contribution in [0.25, 0.3) is 0 Å². The largest absolute Gasteiger partial charge is 0.320 e. The first-order valence-electron chi connectivity index (χ1n) is 11.7. The van der Waals surface area contributed by atoms with Gasteiger partial charge in [-0.3, -0.25) is 9.59 Å². The van der Waals surface area contributed by atoms with Crippen molar-refractivity contribution in [1.82, 2.24) is 4.90 Å². The molecular formula is C27H35NO2. The third-order valence-electron chi connectivity index (χ3n) is 6.06. The molecule has 2 aromatic carbocycles. The summed E-state index contributed by atoms with van der Waals surface area (Å²) in [6.07, 6.45) is 11.6. The number of carbonyl (C=O) groups is 2. The summed E-state index contributed by atoms with van der Waals surface area (Å²) >= 11 is 0. The molecule has 2 aromatic rings. The number of rotatable bonds is 13. The molecule has 0 saturated carbocycles. The summed E-state index contributed by atoms with van der Waals surface area (Å²) in [4.78, 5) is 27.8. The highest BCUT2D eigenvalue weighted by Gasteiger charge is 2.55. The van der Waals surface area contributed by atoms with E-state index in [4.69, 9.17) is 0 Å². The number of hydrogen-bond donors (Lipinski definition) is 0. The average Bonchev–Trinajstić information content (AvgIpc) is 3.54. The van der Waals surface area contributed by atoms with Gasteiger partial charge in [0.15, 0.2) is 5.78 Å². The molecule has 1 saturated heterocycles. The van der Waals surface area contributed by atoms with Crippen molar-refractivity contribution in [2.24, 2.45) is 0 Å². The van der Waals surface area contributed by atoms with E-state index >= 15 is 0 Å². The minimum absolute atomic E-state index is 0.0462. The van der Waals surface area contributed by atoms with Crippen molar-refractivity contribution in [2.45, 2.75) is 83.2 Å². The Labute approximate surface area is 181 Å². The van der Waals surface area contributed by atoms with E-state index in [0.29, 0.717) is 12.0 Å². The van der Waals surface area contributed by atoms with Gasteiger partial charge in [-0.15, -0.1) is 0 Å². The summed E-state index contributed by atoms with van der Waals surface area (Å²) in [6.45, 7) is 2.24. The van der Waals surface area contributed by atoms with Crippen molar-refractivity contribution in [3.63, 3.8) is 0 Å². The van der Waals surface area contributed by atoms with Crippen molar-refractivity contribution in [1.29, 1.82) is 0 Å². The predicted molar refractivity (Wildman–Crippen MR) is 122 cm³/mol. The topological polar surface area (TPSA) is 37.1 Å². The molecule has 0 bridgehead atoms. The second-order valence-corrected chi connectivity index (χ2v) is 8.41. The van der Waals surface area contributed by atoms with Gasteiger partial charge in [0.1, 0.15) is 6.04 Å². The molecule has 1 heterocycles. The maximum Gasteiger partial charge on any atom is 0.223 e. The second kappa shape index (κ2) is 11.7. The summed E-state index contributed by atoms with van der Waals surface area (Å²) in [5.41, 5.74) is 1.73. The van der Waals surface area contributed by atoms with Gasteiger partial charge in [0.05, 0.1) is 6.04 Å². The van der Waals surface area contributed by atoms with Gasteiger partial charge < -0.3 is 4.90 Å². The molecule has 3 nitrogen and oxygen atoms in total.